The minimum Gasteiger partial charge on any atom is -0.484 e. The SMILES string of the molecule is O=C(COc1ccc2c(c1)CCC2)NCCc1cccc(F)c1. The normalized spacial score (nSPS) is 12.7. The highest BCUT2D eigenvalue weighted by molar-refractivity contribution is 5.77. The fourth-order valence-corrected chi connectivity index (χ4v) is 2.88. The third kappa shape index (κ3) is 4.31. The number of ether oxygens (including phenoxy) is 1. The van der Waals surface area contributed by atoms with Crippen LogP contribution in [0.3, 0.4) is 0 Å². The maximum absolute atomic E-state index is 13.0. The summed E-state index contributed by atoms with van der Waals surface area (Å²) in [7, 11) is 0. The molecule has 0 radical (unpaired) electrons. The quantitative estimate of drug-likeness (QED) is 0.890. The lowest BCUT2D eigenvalue weighted by molar-refractivity contribution is -0.123. The topological polar surface area (TPSA) is 38.3 Å². The van der Waals surface area contributed by atoms with Crippen LogP contribution >= 0.6 is 0 Å². The molecule has 0 heterocycles. The van der Waals surface area contributed by atoms with Gasteiger partial charge in [-0.2, -0.15) is 0 Å². The van der Waals surface area contributed by atoms with Gasteiger partial charge in [-0.3, -0.25) is 4.79 Å². The molecular weight excluding hydrogens is 293 g/mol. The van der Waals surface area contributed by atoms with Gasteiger partial charge in [-0.25, -0.2) is 4.39 Å². The number of hydrogen-bond donors (Lipinski definition) is 1. The number of benzene rings is 2. The molecule has 4 heteroatoms. The predicted molar refractivity (Wildman–Crippen MR) is 87.1 cm³/mol. The summed E-state index contributed by atoms with van der Waals surface area (Å²) < 4.78 is 18.6. The molecular formula is C19H20FNO2. The van der Waals surface area contributed by atoms with Crippen LogP contribution in [-0.2, 0) is 24.1 Å². The Labute approximate surface area is 135 Å². The Bertz CT molecular complexity index is 700. The van der Waals surface area contributed by atoms with E-state index in [1.807, 2.05) is 18.2 Å². The van der Waals surface area contributed by atoms with E-state index in [-0.39, 0.29) is 18.3 Å². The molecule has 3 rings (SSSR count). The molecule has 0 bridgehead atoms. The Morgan fingerprint density at radius 2 is 2.00 bits per heavy atom. The molecule has 0 fully saturated rings. The lowest BCUT2D eigenvalue weighted by Crippen LogP contribution is -2.30. The molecule has 0 spiro atoms. The lowest BCUT2D eigenvalue weighted by atomic mass is 10.1. The van der Waals surface area contributed by atoms with Crippen molar-refractivity contribution < 1.29 is 13.9 Å². The van der Waals surface area contributed by atoms with E-state index in [9.17, 15) is 9.18 Å². The zero-order valence-electron chi connectivity index (χ0n) is 13.0. The van der Waals surface area contributed by atoms with Gasteiger partial charge in [-0.1, -0.05) is 18.2 Å². The van der Waals surface area contributed by atoms with Crippen molar-refractivity contribution in [3.63, 3.8) is 0 Å². The fraction of sp³-hybridized carbons (Fsp3) is 0.316. The molecule has 0 saturated carbocycles. The second-order valence-corrected chi connectivity index (χ2v) is 5.80. The summed E-state index contributed by atoms with van der Waals surface area (Å²) in [6.07, 6.45) is 4.02. The first-order valence-corrected chi connectivity index (χ1v) is 7.96. The van der Waals surface area contributed by atoms with Crippen LogP contribution in [0.1, 0.15) is 23.1 Å². The van der Waals surface area contributed by atoms with E-state index in [0.717, 1.165) is 24.2 Å². The maximum Gasteiger partial charge on any atom is 0.257 e. The van der Waals surface area contributed by atoms with Gasteiger partial charge >= 0.3 is 0 Å². The number of amides is 1. The Balaban J connectivity index is 1.41. The smallest absolute Gasteiger partial charge is 0.257 e. The summed E-state index contributed by atoms with van der Waals surface area (Å²) in [5.74, 6) is 0.321. The van der Waals surface area contributed by atoms with E-state index < -0.39 is 0 Å². The minimum absolute atomic E-state index is 0.00192. The molecule has 0 atom stereocenters. The van der Waals surface area contributed by atoms with Gasteiger partial charge in [0.05, 0.1) is 0 Å². The summed E-state index contributed by atoms with van der Waals surface area (Å²) in [5, 5.41) is 2.79. The van der Waals surface area contributed by atoms with Gasteiger partial charge in [0.2, 0.25) is 0 Å². The molecule has 23 heavy (non-hydrogen) atoms. The van der Waals surface area contributed by atoms with E-state index in [1.54, 1.807) is 6.07 Å². The minimum atomic E-state index is -0.256. The van der Waals surface area contributed by atoms with E-state index in [0.29, 0.717) is 13.0 Å². The van der Waals surface area contributed by atoms with Crippen LogP contribution in [-0.4, -0.2) is 19.1 Å². The van der Waals surface area contributed by atoms with Crippen LogP contribution in [0.25, 0.3) is 0 Å². The molecule has 1 N–H and O–H groups in total. The van der Waals surface area contributed by atoms with Crippen molar-refractivity contribution >= 4 is 5.91 Å². The molecule has 1 aliphatic carbocycles. The number of hydrogen-bond acceptors (Lipinski definition) is 2. The van der Waals surface area contributed by atoms with Crippen LogP contribution in [0.4, 0.5) is 4.39 Å². The zero-order chi connectivity index (χ0) is 16.1. The standard InChI is InChI=1S/C19H20FNO2/c20-17-6-1-3-14(11-17)9-10-21-19(22)13-23-18-8-7-15-4-2-5-16(15)12-18/h1,3,6-8,11-12H,2,4-5,9-10,13H2,(H,21,22). The van der Waals surface area contributed by atoms with Crippen molar-refractivity contribution in [2.45, 2.75) is 25.7 Å². The van der Waals surface area contributed by atoms with Crippen LogP contribution < -0.4 is 10.1 Å². The van der Waals surface area contributed by atoms with Crippen molar-refractivity contribution in [2.75, 3.05) is 13.2 Å². The number of halogens is 1. The first kappa shape index (κ1) is 15.5. The summed E-state index contributed by atoms with van der Waals surface area (Å²) in [6, 6.07) is 12.4. The third-order valence-electron chi connectivity index (χ3n) is 4.06. The average molecular weight is 313 g/mol. The van der Waals surface area contributed by atoms with Gasteiger partial charge in [0.15, 0.2) is 6.61 Å². The molecule has 0 aliphatic heterocycles. The fourth-order valence-electron chi connectivity index (χ4n) is 2.88. The second kappa shape index (κ2) is 7.27. The lowest BCUT2D eigenvalue weighted by Gasteiger charge is -2.09. The maximum atomic E-state index is 13.0. The molecule has 0 aromatic heterocycles. The summed E-state index contributed by atoms with van der Waals surface area (Å²) in [4.78, 5) is 11.8. The van der Waals surface area contributed by atoms with E-state index in [1.165, 1.54) is 29.7 Å². The van der Waals surface area contributed by atoms with E-state index in [2.05, 4.69) is 11.4 Å². The molecule has 2 aromatic rings. The highest BCUT2D eigenvalue weighted by Crippen LogP contribution is 2.25. The monoisotopic (exact) mass is 313 g/mol. The van der Waals surface area contributed by atoms with Crippen LogP contribution in [0.5, 0.6) is 5.75 Å². The number of carbonyl (C=O) groups is 1. The van der Waals surface area contributed by atoms with Gasteiger partial charge in [-0.05, 0) is 66.6 Å². The third-order valence-corrected chi connectivity index (χ3v) is 4.06. The predicted octanol–water partition coefficient (Wildman–Crippen LogP) is 3.05. The van der Waals surface area contributed by atoms with E-state index >= 15 is 0 Å². The number of nitrogens with one attached hydrogen (secondary N) is 1. The number of carbonyl (C=O) groups excluding carboxylic acids is 1. The van der Waals surface area contributed by atoms with Gasteiger partial charge in [0.1, 0.15) is 11.6 Å². The molecule has 0 saturated heterocycles. The average Bonchev–Trinajstić information content (AvgIpc) is 3.00. The van der Waals surface area contributed by atoms with Crippen LogP contribution in [0, 0.1) is 5.82 Å². The zero-order valence-corrected chi connectivity index (χ0v) is 13.0. The van der Waals surface area contributed by atoms with Crippen LogP contribution in [0.15, 0.2) is 42.5 Å². The largest absolute Gasteiger partial charge is 0.484 e. The first-order valence-electron chi connectivity index (χ1n) is 7.96. The highest BCUT2D eigenvalue weighted by Gasteiger charge is 2.11. The summed E-state index contributed by atoms with van der Waals surface area (Å²) in [5.41, 5.74) is 3.58. The molecule has 0 unspecified atom stereocenters. The molecule has 2 aromatic carbocycles. The first-order chi connectivity index (χ1) is 11.2. The Kier molecular flexibility index (Phi) is 4.91. The molecule has 3 nitrogen and oxygen atoms in total. The van der Waals surface area contributed by atoms with Crippen molar-refractivity contribution in [3.05, 3.63) is 65.0 Å². The number of aryl methyl sites for hydroxylation is 2. The van der Waals surface area contributed by atoms with Crippen LogP contribution in [0.2, 0.25) is 0 Å². The molecule has 120 valence electrons. The number of fused-ring (bicyclic) bond motifs is 1. The van der Waals surface area contributed by atoms with Gasteiger partial charge in [0, 0.05) is 6.54 Å². The molecule has 1 aliphatic rings. The number of rotatable bonds is 6. The summed E-state index contributed by atoms with van der Waals surface area (Å²) in [6.45, 7) is 0.470. The van der Waals surface area contributed by atoms with E-state index in [4.69, 9.17) is 4.74 Å². The van der Waals surface area contributed by atoms with Crippen molar-refractivity contribution in [1.82, 2.24) is 5.32 Å². The van der Waals surface area contributed by atoms with Gasteiger partial charge in [-0.15, -0.1) is 0 Å². The van der Waals surface area contributed by atoms with Gasteiger partial charge < -0.3 is 10.1 Å². The Hall–Kier alpha value is -2.36. The summed E-state index contributed by atoms with van der Waals surface area (Å²) >= 11 is 0. The Morgan fingerprint density at radius 3 is 2.87 bits per heavy atom. The second-order valence-electron chi connectivity index (χ2n) is 5.80. The Morgan fingerprint density at radius 1 is 1.13 bits per heavy atom. The van der Waals surface area contributed by atoms with Crippen molar-refractivity contribution in [3.8, 4) is 5.75 Å². The van der Waals surface area contributed by atoms with Crippen molar-refractivity contribution in [1.29, 1.82) is 0 Å². The molecule has 1 amide bonds. The van der Waals surface area contributed by atoms with Gasteiger partial charge in [0.25, 0.3) is 5.91 Å². The highest BCUT2D eigenvalue weighted by atomic mass is 19.1. The van der Waals surface area contributed by atoms with Crippen molar-refractivity contribution in [2.24, 2.45) is 0 Å².